The molecular weight excluding hydrogens is 264 g/mol. The van der Waals surface area contributed by atoms with E-state index >= 15 is 0 Å². The first-order valence-electron chi connectivity index (χ1n) is 8.31. The Morgan fingerprint density at radius 1 is 1.19 bits per heavy atom. The molecule has 0 spiro atoms. The molecule has 1 aliphatic carbocycles. The lowest BCUT2D eigenvalue weighted by atomic mass is 9.83. The van der Waals surface area contributed by atoms with Crippen molar-refractivity contribution in [1.82, 2.24) is 10.2 Å². The lowest BCUT2D eigenvalue weighted by molar-refractivity contribution is -0.155. The molecule has 0 aromatic heterocycles. The molecule has 1 heterocycles. The molecule has 0 bridgehead atoms. The van der Waals surface area contributed by atoms with Crippen molar-refractivity contribution in [3.63, 3.8) is 0 Å². The van der Waals surface area contributed by atoms with Crippen LogP contribution in [0.5, 0.6) is 0 Å². The van der Waals surface area contributed by atoms with Crippen LogP contribution >= 0.6 is 0 Å². The van der Waals surface area contributed by atoms with Crippen LogP contribution in [0.1, 0.15) is 54.4 Å². The summed E-state index contributed by atoms with van der Waals surface area (Å²) in [7, 11) is 0. The highest BCUT2D eigenvalue weighted by atomic mass is 16.2. The van der Waals surface area contributed by atoms with Crippen molar-refractivity contribution in [3.8, 4) is 0 Å². The van der Waals surface area contributed by atoms with Crippen molar-refractivity contribution in [3.05, 3.63) is 0 Å². The Morgan fingerprint density at radius 2 is 1.71 bits per heavy atom. The van der Waals surface area contributed by atoms with Gasteiger partial charge in [-0.1, -0.05) is 27.7 Å². The predicted molar refractivity (Wildman–Crippen MR) is 83.6 cm³/mol. The predicted octanol–water partition coefficient (Wildman–Crippen LogP) is 2.43. The first-order chi connectivity index (χ1) is 9.68. The average molecular weight is 294 g/mol. The van der Waals surface area contributed by atoms with Gasteiger partial charge in [0.2, 0.25) is 11.8 Å². The zero-order chi connectivity index (χ0) is 15.9. The number of nitrogens with zero attached hydrogens (tertiary/aromatic N) is 1. The third-order valence-electron chi connectivity index (χ3n) is 5.45. The van der Waals surface area contributed by atoms with E-state index < -0.39 is 5.54 Å². The van der Waals surface area contributed by atoms with E-state index in [0.717, 1.165) is 12.8 Å². The molecule has 1 saturated carbocycles. The molecule has 0 aromatic rings. The maximum absolute atomic E-state index is 13.0. The van der Waals surface area contributed by atoms with E-state index in [1.54, 1.807) is 0 Å². The van der Waals surface area contributed by atoms with Gasteiger partial charge in [-0.3, -0.25) is 9.59 Å². The summed E-state index contributed by atoms with van der Waals surface area (Å²) < 4.78 is 0. The quantitative estimate of drug-likeness (QED) is 0.846. The van der Waals surface area contributed by atoms with E-state index in [1.165, 1.54) is 0 Å². The van der Waals surface area contributed by atoms with Crippen LogP contribution in [0.15, 0.2) is 0 Å². The highest BCUT2D eigenvalue weighted by molar-refractivity contribution is 5.99. The van der Waals surface area contributed by atoms with Crippen LogP contribution in [0.3, 0.4) is 0 Å². The second-order valence-corrected chi connectivity index (χ2v) is 7.75. The third kappa shape index (κ3) is 2.95. The standard InChI is InChI=1S/C17H30N2O2/c1-10(2)14(11(3)4)9-19-12(5)15(20)18-17(6,16(19)21)13-7-8-13/h10-14H,7-9H2,1-6H3,(H,18,20). The Bertz CT molecular complexity index is 421. The van der Waals surface area contributed by atoms with Gasteiger partial charge in [-0.15, -0.1) is 0 Å². The smallest absolute Gasteiger partial charge is 0.249 e. The van der Waals surface area contributed by atoms with Crippen molar-refractivity contribution < 1.29 is 9.59 Å². The third-order valence-corrected chi connectivity index (χ3v) is 5.45. The van der Waals surface area contributed by atoms with Crippen molar-refractivity contribution in [1.29, 1.82) is 0 Å². The number of piperazine rings is 1. The zero-order valence-corrected chi connectivity index (χ0v) is 14.3. The van der Waals surface area contributed by atoms with Crippen molar-refractivity contribution in [2.45, 2.75) is 66.0 Å². The van der Waals surface area contributed by atoms with Gasteiger partial charge >= 0.3 is 0 Å². The number of nitrogens with one attached hydrogen (secondary N) is 1. The summed E-state index contributed by atoms with van der Waals surface area (Å²) in [5.41, 5.74) is -0.678. The molecule has 2 amide bonds. The first-order valence-corrected chi connectivity index (χ1v) is 8.31. The summed E-state index contributed by atoms with van der Waals surface area (Å²) >= 11 is 0. The molecule has 2 atom stereocenters. The Labute approximate surface area is 128 Å². The van der Waals surface area contributed by atoms with Gasteiger partial charge in [0.1, 0.15) is 11.6 Å². The fourth-order valence-corrected chi connectivity index (χ4v) is 3.63. The number of carbonyl (C=O) groups excluding carboxylic acids is 2. The van der Waals surface area contributed by atoms with Gasteiger partial charge in [0.05, 0.1) is 0 Å². The number of hydrogen-bond donors (Lipinski definition) is 1. The Balaban J connectivity index is 2.22. The van der Waals surface area contributed by atoms with Crippen molar-refractivity contribution >= 4 is 11.8 Å². The fraction of sp³-hybridized carbons (Fsp3) is 0.882. The molecule has 0 radical (unpaired) electrons. The van der Waals surface area contributed by atoms with E-state index in [-0.39, 0.29) is 17.9 Å². The van der Waals surface area contributed by atoms with Gasteiger partial charge < -0.3 is 10.2 Å². The number of carbonyl (C=O) groups is 2. The lowest BCUT2D eigenvalue weighted by Crippen LogP contribution is -2.70. The largest absolute Gasteiger partial charge is 0.340 e. The van der Waals surface area contributed by atoms with Crippen LogP contribution in [0.2, 0.25) is 0 Å². The highest BCUT2D eigenvalue weighted by Gasteiger charge is 2.54. The second-order valence-electron chi connectivity index (χ2n) is 7.75. The number of rotatable bonds is 5. The summed E-state index contributed by atoms with van der Waals surface area (Å²) in [6.07, 6.45) is 2.09. The fourth-order valence-electron chi connectivity index (χ4n) is 3.63. The number of hydrogen-bond acceptors (Lipinski definition) is 2. The molecule has 4 nitrogen and oxygen atoms in total. The molecule has 1 N–H and O–H groups in total. The van der Waals surface area contributed by atoms with Gasteiger partial charge in [-0.05, 0) is 50.4 Å². The zero-order valence-electron chi connectivity index (χ0n) is 14.3. The molecule has 1 aliphatic heterocycles. The minimum atomic E-state index is -0.678. The summed E-state index contributed by atoms with van der Waals surface area (Å²) in [6.45, 7) is 13.2. The molecule has 0 aromatic carbocycles. The van der Waals surface area contributed by atoms with Crippen LogP contribution in [0.25, 0.3) is 0 Å². The second kappa shape index (κ2) is 5.62. The Morgan fingerprint density at radius 3 is 2.14 bits per heavy atom. The van der Waals surface area contributed by atoms with Crippen LogP contribution < -0.4 is 5.32 Å². The van der Waals surface area contributed by atoms with E-state index in [0.29, 0.717) is 30.2 Å². The van der Waals surface area contributed by atoms with Gasteiger partial charge in [0, 0.05) is 6.54 Å². The maximum Gasteiger partial charge on any atom is 0.249 e. The van der Waals surface area contributed by atoms with Crippen LogP contribution in [0, 0.1) is 23.7 Å². The topological polar surface area (TPSA) is 49.4 Å². The van der Waals surface area contributed by atoms with E-state index in [2.05, 4.69) is 33.0 Å². The highest BCUT2D eigenvalue weighted by Crippen LogP contribution is 2.42. The Kier molecular flexibility index (Phi) is 4.36. The lowest BCUT2D eigenvalue weighted by Gasteiger charge is -2.45. The van der Waals surface area contributed by atoms with Crippen molar-refractivity contribution in [2.75, 3.05) is 6.54 Å². The van der Waals surface area contributed by atoms with Crippen LogP contribution in [-0.2, 0) is 9.59 Å². The maximum atomic E-state index is 13.0. The van der Waals surface area contributed by atoms with E-state index in [4.69, 9.17) is 0 Å². The molecule has 21 heavy (non-hydrogen) atoms. The molecule has 2 rings (SSSR count). The van der Waals surface area contributed by atoms with Crippen LogP contribution in [-0.4, -0.2) is 34.8 Å². The SMILES string of the molecule is CC(C)C(CN1C(=O)C(C)(C2CC2)NC(=O)C1C)C(C)C. The minimum Gasteiger partial charge on any atom is -0.340 e. The summed E-state index contributed by atoms with van der Waals surface area (Å²) in [6, 6.07) is -0.357. The van der Waals surface area contributed by atoms with E-state index in [1.807, 2.05) is 18.7 Å². The monoisotopic (exact) mass is 294 g/mol. The molecule has 4 heteroatoms. The van der Waals surface area contributed by atoms with Crippen molar-refractivity contribution in [2.24, 2.45) is 23.7 Å². The Hall–Kier alpha value is -1.06. The molecule has 1 saturated heterocycles. The molecule has 2 fully saturated rings. The summed E-state index contributed by atoms with van der Waals surface area (Å²) in [5, 5.41) is 2.99. The van der Waals surface area contributed by atoms with Gasteiger partial charge in [0.15, 0.2) is 0 Å². The first kappa shape index (κ1) is 16.3. The molecule has 120 valence electrons. The molecular formula is C17H30N2O2. The van der Waals surface area contributed by atoms with Gasteiger partial charge in [-0.2, -0.15) is 0 Å². The number of amides is 2. The summed E-state index contributed by atoms with van der Waals surface area (Å²) in [4.78, 5) is 27.1. The molecule has 2 unspecified atom stereocenters. The van der Waals surface area contributed by atoms with Gasteiger partial charge in [0.25, 0.3) is 0 Å². The summed E-state index contributed by atoms with van der Waals surface area (Å²) in [5.74, 6) is 1.86. The van der Waals surface area contributed by atoms with Gasteiger partial charge in [-0.25, -0.2) is 0 Å². The average Bonchev–Trinajstić information content (AvgIpc) is 3.20. The minimum absolute atomic E-state index is 0.00439. The molecule has 2 aliphatic rings. The normalized spacial score (nSPS) is 30.5. The van der Waals surface area contributed by atoms with Crippen LogP contribution in [0.4, 0.5) is 0 Å². The van der Waals surface area contributed by atoms with E-state index in [9.17, 15) is 9.59 Å².